The molecule has 0 fully saturated rings. The summed E-state index contributed by atoms with van der Waals surface area (Å²) in [6.45, 7) is 6.51. The van der Waals surface area contributed by atoms with Crippen molar-refractivity contribution in [1.82, 2.24) is 10.6 Å². The molecular weight excluding hydrogens is 260 g/mol. The number of methoxy groups -OCH3 is 1. The Bertz CT molecular complexity index is 259. The maximum absolute atomic E-state index is 11.5. The number of rotatable bonds is 8. The number of carbonyl (C=O) groups excluding carboxylic acids is 2. The van der Waals surface area contributed by atoms with Crippen molar-refractivity contribution in [2.24, 2.45) is 0 Å². The number of carbonyl (C=O) groups is 2. The van der Waals surface area contributed by atoms with E-state index in [9.17, 15) is 9.59 Å². The van der Waals surface area contributed by atoms with Gasteiger partial charge in [-0.15, -0.1) is 12.4 Å². The van der Waals surface area contributed by atoms with Crippen LogP contribution >= 0.6 is 12.4 Å². The average Bonchev–Trinajstić information content (AvgIpc) is 2.24. The van der Waals surface area contributed by atoms with Gasteiger partial charge in [0.2, 0.25) is 5.91 Å². The summed E-state index contributed by atoms with van der Waals surface area (Å²) in [5, 5.41) is 5.49. The van der Waals surface area contributed by atoms with Gasteiger partial charge in [0.15, 0.2) is 0 Å². The second-order valence-electron chi connectivity index (χ2n) is 4.06. The second-order valence-corrected chi connectivity index (χ2v) is 4.06. The van der Waals surface area contributed by atoms with Gasteiger partial charge in [-0.05, 0) is 20.8 Å². The van der Waals surface area contributed by atoms with Crippen molar-refractivity contribution in [3.8, 4) is 0 Å². The fraction of sp³-hybridized carbons (Fsp3) is 0.818. The van der Waals surface area contributed by atoms with E-state index in [1.54, 1.807) is 27.9 Å². The van der Waals surface area contributed by atoms with Crippen LogP contribution < -0.4 is 10.6 Å². The van der Waals surface area contributed by atoms with Crippen molar-refractivity contribution in [3.05, 3.63) is 0 Å². The molecule has 7 heteroatoms. The quantitative estimate of drug-likeness (QED) is 0.488. The Balaban J connectivity index is 0. The van der Waals surface area contributed by atoms with Crippen LogP contribution in [0.1, 0.15) is 20.8 Å². The third-order valence-electron chi connectivity index (χ3n) is 2.01. The molecule has 0 aromatic heterocycles. The molecule has 0 radical (unpaired) electrons. The van der Waals surface area contributed by atoms with E-state index >= 15 is 0 Å². The molecule has 0 saturated carbocycles. The van der Waals surface area contributed by atoms with Crippen molar-refractivity contribution in [2.75, 3.05) is 33.4 Å². The predicted molar refractivity (Wildman–Crippen MR) is 70.8 cm³/mol. The molecular formula is C11H23ClN2O4. The Morgan fingerprint density at radius 2 is 1.89 bits per heavy atom. The van der Waals surface area contributed by atoms with Crippen LogP contribution in [0.5, 0.6) is 0 Å². The number of hydrogen-bond donors (Lipinski definition) is 2. The highest BCUT2D eigenvalue weighted by Gasteiger charge is 2.30. The lowest BCUT2D eigenvalue weighted by molar-refractivity contribution is -0.151. The molecule has 0 aromatic rings. The van der Waals surface area contributed by atoms with Crippen LogP contribution in [0.15, 0.2) is 0 Å². The highest BCUT2D eigenvalue weighted by Crippen LogP contribution is 2.04. The fourth-order valence-corrected chi connectivity index (χ4v) is 1.13. The maximum Gasteiger partial charge on any atom is 0.331 e. The van der Waals surface area contributed by atoms with Gasteiger partial charge in [0, 0.05) is 13.7 Å². The SMILES string of the molecule is CCOC(=O)C(C)(C)NC(=O)CNCCOC.Cl. The van der Waals surface area contributed by atoms with E-state index in [4.69, 9.17) is 9.47 Å². The van der Waals surface area contributed by atoms with E-state index in [0.29, 0.717) is 19.8 Å². The van der Waals surface area contributed by atoms with Gasteiger partial charge in [0.05, 0.1) is 19.8 Å². The minimum atomic E-state index is -1.00. The van der Waals surface area contributed by atoms with Crippen molar-refractivity contribution in [3.63, 3.8) is 0 Å². The molecule has 0 atom stereocenters. The molecule has 1 amide bonds. The Kier molecular flexibility index (Phi) is 10.9. The number of ether oxygens (including phenoxy) is 2. The minimum Gasteiger partial charge on any atom is -0.464 e. The first-order chi connectivity index (χ1) is 7.94. The Morgan fingerprint density at radius 1 is 1.28 bits per heavy atom. The van der Waals surface area contributed by atoms with Gasteiger partial charge in [-0.3, -0.25) is 4.79 Å². The third kappa shape index (κ3) is 8.27. The van der Waals surface area contributed by atoms with Crippen LogP contribution in [0.2, 0.25) is 0 Å². The zero-order valence-electron chi connectivity index (χ0n) is 11.4. The highest BCUT2D eigenvalue weighted by molar-refractivity contribution is 5.88. The van der Waals surface area contributed by atoms with E-state index in [2.05, 4.69) is 10.6 Å². The molecule has 2 N–H and O–H groups in total. The smallest absolute Gasteiger partial charge is 0.331 e. The Hall–Kier alpha value is -0.850. The molecule has 0 rings (SSSR count). The van der Waals surface area contributed by atoms with Crippen molar-refractivity contribution < 1.29 is 19.1 Å². The highest BCUT2D eigenvalue weighted by atomic mass is 35.5. The van der Waals surface area contributed by atoms with Gasteiger partial charge in [-0.1, -0.05) is 0 Å². The number of nitrogens with one attached hydrogen (secondary N) is 2. The Morgan fingerprint density at radius 3 is 2.39 bits per heavy atom. The van der Waals surface area contributed by atoms with Crippen LogP contribution in [-0.4, -0.2) is 50.8 Å². The van der Waals surface area contributed by atoms with Crippen molar-refractivity contribution >= 4 is 24.3 Å². The number of halogens is 1. The predicted octanol–water partition coefficient (Wildman–Crippen LogP) is 0.102. The topological polar surface area (TPSA) is 76.7 Å². The van der Waals surface area contributed by atoms with Crippen LogP contribution in [0.25, 0.3) is 0 Å². The summed E-state index contributed by atoms with van der Waals surface area (Å²) in [6.07, 6.45) is 0. The minimum absolute atomic E-state index is 0. The van der Waals surface area contributed by atoms with E-state index in [1.807, 2.05) is 0 Å². The van der Waals surface area contributed by atoms with Gasteiger partial charge >= 0.3 is 5.97 Å². The molecule has 0 bridgehead atoms. The lowest BCUT2D eigenvalue weighted by Gasteiger charge is -2.23. The molecule has 0 spiro atoms. The molecule has 18 heavy (non-hydrogen) atoms. The molecule has 0 aromatic carbocycles. The van der Waals surface area contributed by atoms with E-state index < -0.39 is 11.5 Å². The summed E-state index contributed by atoms with van der Waals surface area (Å²) >= 11 is 0. The molecule has 0 saturated heterocycles. The van der Waals surface area contributed by atoms with Crippen LogP contribution in [-0.2, 0) is 19.1 Å². The van der Waals surface area contributed by atoms with Crippen molar-refractivity contribution in [1.29, 1.82) is 0 Å². The van der Waals surface area contributed by atoms with Gasteiger partial charge in [-0.2, -0.15) is 0 Å². The molecule has 0 aliphatic carbocycles. The monoisotopic (exact) mass is 282 g/mol. The van der Waals surface area contributed by atoms with Gasteiger partial charge < -0.3 is 20.1 Å². The third-order valence-corrected chi connectivity index (χ3v) is 2.01. The number of hydrogen-bond acceptors (Lipinski definition) is 5. The summed E-state index contributed by atoms with van der Waals surface area (Å²) in [6, 6.07) is 0. The lowest BCUT2D eigenvalue weighted by atomic mass is 10.1. The van der Waals surface area contributed by atoms with Crippen molar-refractivity contribution in [2.45, 2.75) is 26.3 Å². The second kappa shape index (κ2) is 10.1. The average molecular weight is 283 g/mol. The lowest BCUT2D eigenvalue weighted by Crippen LogP contribution is -2.52. The molecule has 0 aliphatic heterocycles. The molecule has 0 aliphatic rings. The summed E-state index contributed by atoms with van der Waals surface area (Å²) in [5.41, 5.74) is -1.00. The summed E-state index contributed by atoms with van der Waals surface area (Å²) < 4.78 is 9.68. The summed E-state index contributed by atoms with van der Waals surface area (Å²) in [7, 11) is 1.59. The number of esters is 1. The summed E-state index contributed by atoms with van der Waals surface area (Å²) in [4.78, 5) is 23.0. The van der Waals surface area contributed by atoms with Crippen LogP contribution in [0, 0.1) is 0 Å². The first kappa shape index (κ1) is 19.5. The zero-order chi connectivity index (χ0) is 13.3. The normalized spacial score (nSPS) is 10.4. The summed E-state index contributed by atoms with van der Waals surface area (Å²) in [5.74, 6) is -0.690. The molecule has 0 unspecified atom stereocenters. The maximum atomic E-state index is 11.5. The van der Waals surface area contributed by atoms with Crippen LogP contribution in [0.4, 0.5) is 0 Å². The Labute approximate surface area is 114 Å². The van der Waals surface area contributed by atoms with E-state index in [-0.39, 0.29) is 24.9 Å². The first-order valence-corrected chi connectivity index (χ1v) is 5.62. The van der Waals surface area contributed by atoms with E-state index in [0.717, 1.165) is 0 Å². The largest absolute Gasteiger partial charge is 0.464 e. The molecule has 6 nitrogen and oxygen atoms in total. The molecule has 0 heterocycles. The van der Waals surface area contributed by atoms with E-state index in [1.165, 1.54) is 0 Å². The van der Waals surface area contributed by atoms with Gasteiger partial charge in [0.25, 0.3) is 0 Å². The first-order valence-electron chi connectivity index (χ1n) is 5.62. The van der Waals surface area contributed by atoms with Gasteiger partial charge in [0.1, 0.15) is 5.54 Å². The van der Waals surface area contributed by atoms with Crippen LogP contribution in [0.3, 0.4) is 0 Å². The molecule has 108 valence electrons. The number of amides is 1. The van der Waals surface area contributed by atoms with Gasteiger partial charge in [-0.25, -0.2) is 4.79 Å². The fourth-order valence-electron chi connectivity index (χ4n) is 1.13. The zero-order valence-corrected chi connectivity index (χ0v) is 12.2. The standard InChI is InChI=1S/C11H22N2O4.ClH/c1-5-17-10(15)11(2,3)13-9(14)8-12-6-7-16-4;/h12H,5-8H2,1-4H3,(H,13,14);1H.